The first-order valence-corrected chi connectivity index (χ1v) is 11.7. The first-order valence-electron chi connectivity index (χ1n) is 10.4. The number of amides is 2. The van der Waals surface area contributed by atoms with Gasteiger partial charge in [-0.05, 0) is 42.5 Å². The number of carbonyl (C=O) groups excluding carboxylic acids is 2. The van der Waals surface area contributed by atoms with Gasteiger partial charge in [0.1, 0.15) is 11.5 Å². The summed E-state index contributed by atoms with van der Waals surface area (Å²) in [4.78, 5) is 26.0. The number of carbonyl (C=O) groups is 2. The zero-order valence-electron chi connectivity index (χ0n) is 19.6. The van der Waals surface area contributed by atoms with E-state index in [9.17, 15) is 9.59 Å². The van der Waals surface area contributed by atoms with E-state index in [4.69, 9.17) is 30.5 Å². The minimum Gasteiger partial charge on any atom is -0.495 e. The third kappa shape index (κ3) is 6.74. The standard InChI is InChI=1S/C25H25ClN2O6S/c1-31-20-9-8-15(10-23(20)34-4)25(30)27-16-6-5-7-17(11-16)35-14-24(29)28-19-12-18(26)21(32-2)13-22(19)33-3/h5-13H,14H2,1-4H3,(H,27,30)(H,28,29). The second-order valence-corrected chi connectivity index (χ2v) is 8.53. The van der Waals surface area contributed by atoms with E-state index in [-0.39, 0.29) is 17.6 Å². The lowest BCUT2D eigenvalue weighted by molar-refractivity contribution is -0.113. The molecule has 0 heterocycles. The fourth-order valence-electron chi connectivity index (χ4n) is 3.14. The number of ether oxygens (including phenoxy) is 4. The third-order valence-electron chi connectivity index (χ3n) is 4.86. The van der Waals surface area contributed by atoms with Crippen molar-refractivity contribution in [1.82, 2.24) is 0 Å². The van der Waals surface area contributed by atoms with Crippen LogP contribution in [0.1, 0.15) is 10.4 Å². The molecule has 0 saturated heterocycles. The lowest BCUT2D eigenvalue weighted by Gasteiger charge is -2.13. The van der Waals surface area contributed by atoms with E-state index in [1.54, 1.807) is 48.5 Å². The van der Waals surface area contributed by atoms with Gasteiger partial charge in [-0.2, -0.15) is 0 Å². The van der Waals surface area contributed by atoms with Gasteiger partial charge in [-0.1, -0.05) is 17.7 Å². The Labute approximate surface area is 212 Å². The van der Waals surface area contributed by atoms with Crippen LogP contribution in [-0.2, 0) is 4.79 Å². The largest absolute Gasteiger partial charge is 0.495 e. The van der Waals surface area contributed by atoms with Crippen LogP contribution in [0.5, 0.6) is 23.0 Å². The summed E-state index contributed by atoms with van der Waals surface area (Å²) in [6.45, 7) is 0. The summed E-state index contributed by atoms with van der Waals surface area (Å²) in [7, 11) is 6.04. The lowest BCUT2D eigenvalue weighted by atomic mass is 10.2. The van der Waals surface area contributed by atoms with Gasteiger partial charge >= 0.3 is 0 Å². The van der Waals surface area contributed by atoms with Crippen LogP contribution in [0.25, 0.3) is 0 Å². The molecule has 184 valence electrons. The van der Waals surface area contributed by atoms with Crippen molar-refractivity contribution in [2.45, 2.75) is 4.90 Å². The monoisotopic (exact) mass is 516 g/mol. The molecule has 2 amide bonds. The highest BCUT2D eigenvalue weighted by molar-refractivity contribution is 8.00. The predicted molar refractivity (Wildman–Crippen MR) is 138 cm³/mol. The number of benzene rings is 3. The maximum absolute atomic E-state index is 12.7. The van der Waals surface area contributed by atoms with Crippen LogP contribution in [0, 0.1) is 0 Å². The fraction of sp³-hybridized carbons (Fsp3) is 0.200. The molecular weight excluding hydrogens is 492 g/mol. The van der Waals surface area contributed by atoms with Crippen molar-refractivity contribution in [1.29, 1.82) is 0 Å². The molecule has 0 bridgehead atoms. The number of methoxy groups -OCH3 is 4. The molecule has 3 aromatic rings. The summed E-state index contributed by atoms with van der Waals surface area (Å²) < 4.78 is 20.9. The van der Waals surface area contributed by atoms with Gasteiger partial charge in [0, 0.05) is 22.2 Å². The second kappa shape index (κ2) is 12.2. The Morgan fingerprint density at radius 3 is 2.20 bits per heavy atom. The number of anilines is 2. The van der Waals surface area contributed by atoms with E-state index in [1.165, 1.54) is 40.2 Å². The molecule has 0 spiro atoms. The Kier molecular flexibility index (Phi) is 9.11. The van der Waals surface area contributed by atoms with Gasteiger partial charge < -0.3 is 29.6 Å². The van der Waals surface area contributed by atoms with Crippen molar-refractivity contribution in [3.8, 4) is 23.0 Å². The predicted octanol–water partition coefficient (Wildman–Crippen LogP) is 5.36. The summed E-state index contributed by atoms with van der Waals surface area (Å²) in [5, 5.41) is 6.01. The Morgan fingerprint density at radius 2 is 1.51 bits per heavy atom. The van der Waals surface area contributed by atoms with E-state index in [0.717, 1.165) is 4.90 Å². The van der Waals surface area contributed by atoms with Crippen molar-refractivity contribution in [3.63, 3.8) is 0 Å². The van der Waals surface area contributed by atoms with Crippen LogP contribution in [0.2, 0.25) is 5.02 Å². The average molecular weight is 517 g/mol. The van der Waals surface area contributed by atoms with Gasteiger partial charge in [0.15, 0.2) is 11.5 Å². The fourth-order valence-corrected chi connectivity index (χ4v) is 4.13. The van der Waals surface area contributed by atoms with Gasteiger partial charge in [0.25, 0.3) is 5.91 Å². The molecule has 0 aliphatic carbocycles. The van der Waals surface area contributed by atoms with E-state index < -0.39 is 0 Å². The minimum absolute atomic E-state index is 0.139. The highest BCUT2D eigenvalue weighted by Crippen LogP contribution is 2.36. The zero-order chi connectivity index (χ0) is 25.4. The Balaban J connectivity index is 1.62. The first-order chi connectivity index (χ1) is 16.9. The number of nitrogens with one attached hydrogen (secondary N) is 2. The smallest absolute Gasteiger partial charge is 0.255 e. The maximum atomic E-state index is 12.7. The van der Waals surface area contributed by atoms with E-state index >= 15 is 0 Å². The van der Waals surface area contributed by atoms with Crippen LogP contribution in [0.3, 0.4) is 0 Å². The van der Waals surface area contributed by atoms with Crippen molar-refractivity contribution in [3.05, 3.63) is 65.2 Å². The highest BCUT2D eigenvalue weighted by atomic mass is 35.5. The molecule has 0 atom stereocenters. The molecule has 0 aromatic heterocycles. The Hall–Kier alpha value is -3.56. The molecule has 0 unspecified atom stereocenters. The van der Waals surface area contributed by atoms with Crippen LogP contribution in [0.4, 0.5) is 11.4 Å². The zero-order valence-corrected chi connectivity index (χ0v) is 21.2. The maximum Gasteiger partial charge on any atom is 0.255 e. The van der Waals surface area contributed by atoms with E-state index in [1.807, 2.05) is 6.07 Å². The van der Waals surface area contributed by atoms with E-state index in [2.05, 4.69) is 10.6 Å². The minimum atomic E-state index is -0.297. The topological polar surface area (TPSA) is 95.1 Å². The summed E-state index contributed by atoms with van der Waals surface area (Å²) >= 11 is 7.49. The number of halogens is 1. The second-order valence-electron chi connectivity index (χ2n) is 7.08. The van der Waals surface area contributed by atoms with Gasteiger partial charge in [-0.3, -0.25) is 9.59 Å². The SMILES string of the molecule is COc1cc(OC)c(NC(=O)CSc2cccc(NC(=O)c3ccc(OC)c(OC)c3)c2)cc1Cl. The molecule has 35 heavy (non-hydrogen) atoms. The average Bonchev–Trinajstić information content (AvgIpc) is 2.87. The molecule has 0 radical (unpaired) electrons. The third-order valence-corrected chi connectivity index (χ3v) is 6.14. The summed E-state index contributed by atoms with van der Waals surface area (Å²) in [6, 6.07) is 15.3. The van der Waals surface area contributed by atoms with Crippen molar-refractivity contribution >= 4 is 46.6 Å². The molecule has 0 fully saturated rings. The van der Waals surface area contributed by atoms with Crippen molar-refractivity contribution in [2.75, 3.05) is 44.8 Å². The lowest BCUT2D eigenvalue weighted by Crippen LogP contribution is -2.15. The van der Waals surface area contributed by atoms with E-state index in [0.29, 0.717) is 45.0 Å². The Bertz CT molecular complexity index is 1220. The summed E-state index contributed by atoms with van der Waals surface area (Å²) in [5.74, 6) is 1.48. The molecule has 3 aromatic carbocycles. The number of thioether (sulfide) groups is 1. The first kappa shape index (κ1) is 26.1. The molecule has 10 heteroatoms. The van der Waals surface area contributed by atoms with Crippen LogP contribution in [-0.4, -0.2) is 46.0 Å². The van der Waals surface area contributed by atoms with Gasteiger partial charge in [-0.15, -0.1) is 11.8 Å². The number of hydrogen-bond acceptors (Lipinski definition) is 7. The molecule has 0 aliphatic heterocycles. The van der Waals surface area contributed by atoms with Gasteiger partial charge in [0.2, 0.25) is 5.91 Å². The summed E-state index contributed by atoms with van der Waals surface area (Å²) in [6.07, 6.45) is 0. The van der Waals surface area contributed by atoms with Gasteiger partial charge in [0.05, 0.1) is 44.9 Å². The Morgan fingerprint density at radius 1 is 0.800 bits per heavy atom. The highest BCUT2D eigenvalue weighted by Gasteiger charge is 2.14. The van der Waals surface area contributed by atoms with Crippen LogP contribution < -0.4 is 29.6 Å². The normalized spacial score (nSPS) is 10.3. The summed E-state index contributed by atoms with van der Waals surface area (Å²) in [5.41, 5.74) is 1.46. The molecule has 3 rings (SSSR count). The molecule has 2 N–H and O–H groups in total. The van der Waals surface area contributed by atoms with Crippen molar-refractivity contribution < 1.29 is 28.5 Å². The molecule has 0 saturated carbocycles. The number of rotatable bonds is 10. The molecular formula is C25H25ClN2O6S. The molecule has 0 aliphatic rings. The number of hydrogen-bond donors (Lipinski definition) is 2. The quantitative estimate of drug-likeness (QED) is 0.350. The molecule has 8 nitrogen and oxygen atoms in total. The van der Waals surface area contributed by atoms with Crippen LogP contribution in [0.15, 0.2) is 59.5 Å². The van der Waals surface area contributed by atoms with Gasteiger partial charge in [-0.25, -0.2) is 0 Å². The van der Waals surface area contributed by atoms with Crippen LogP contribution >= 0.6 is 23.4 Å². The van der Waals surface area contributed by atoms with Crippen molar-refractivity contribution in [2.24, 2.45) is 0 Å².